The van der Waals surface area contributed by atoms with Crippen molar-refractivity contribution in [3.63, 3.8) is 0 Å². The maximum atomic E-state index is 13.3. The van der Waals surface area contributed by atoms with Gasteiger partial charge in [0, 0.05) is 30.0 Å². The molecule has 1 fully saturated rings. The maximum absolute atomic E-state index is 13.3. The van der Waals surface area contributed by atoms with Crippen LogP contribution in [0.5, 0.6) is 5.75 Å². The molecule has 0 bridgehead atoms. The standard InChI is InChI=1S/C21H25N3O5S2/c1-13-10-17-18(29-14(2)20(25)23-17)11-19(13)31(27,28)24-7-5-15(6-8-24)21(26)22-12-16-4-3-9-30-16/h3-4,9-11,14-15H,5-8,12H2,1-2H3,(H,22,26)(H,23,25). The Bertz CT molecular complexity index is 1090. The molecule has 2 aliphatic rings. The van der Waals surface area contributed by atoms with Crippen LogP contribution < -0.4 is 15.4 Å². The minimum absolute atomic E-state index is 0.0338. The maximum Gasteiger partial charge on any atom is 0.265 e. The third-order valence-corrected chi connectivity index (χ3v) is 8.58. The number of hydrogen-bond donors (Lipinski definition) is 2. The first-order chi connectivity index (χ1) is 14.8. The minimum Gasteiger partial charge on any atom is -0.479 e. The number of piperidine rings is 1. The van der Waals surface area contributed by atoms with E-state index in [0.29, 0.717) is 36.4 Å². The van der Waals surface area contributed by atoms with Gasteiger partial charge in [-0.2, -0.15) is 4.31 Å². The van der Waals surface area contributed by atoms with E-state index in [-0.39, 0.29) is 35.7 Å². The molecule has 1 aromatic heterocycles. The molecule has 1 aromatic carbocycles. The summed E-state index contributed by atoms with van der Waals surface area (Å²) in [5, 5.41) is 7.64. The first kappa shape index (κ1) is 21.8. The van der Waals surface area contributed by atoms with Gasteiger partial charge in [0.2, 0.25) is 15.9 Å². The summed E-state index contributed by atoms with van der Waals surface area (Å²) < 4.78 is 33.6. The van der Waals surface area contributed by atoms with Gasteiger partial charge in [0.25, 0.3) is 5.91 Å². The number of aryl methyl sites for hydroxylation is 1. The molecule has 166 valence electrons. The highest BCUT2D eigenvalue weighted by Crippen LogP contribution is 2.36. The van der Waals surface area contributed by atoms with Gasteiger partial charge in [-0.1, -0.05) is 6.07 Å². The molecular weight excluding hydrogens is 438 g/mol. The predicted molar refractivity (Wildman–Crippen MR) is 118 cm³/mol. The summed E-state index contributed by atoms with van der Waals surface area (Å²) in [4.78, 5) is 25.5. The van der Waals surface area contributed by atoms with E-state index >= 15 is 0 Å². The number of thiophene rings is 1. The number of hydrogen-bond acceptors (Lipinski definition) is 6. The summed E-state index contributed by atoms with van der Waals surface area (Å²) in [6, 6.07) is 7.02. The molecule has 0 radical (unpaired) electrons. The lowest BCUT2D eigenvalue weighted by atomic mass is 9.97. The Labute approximate surface area is 185 Å². The van der Waals surface area contributed by atoms with Crippen molar-refractivity contribution in [1.82, 2.24) is 9.62 Å². The molecule has 3 heterocycles. The molecule has 2 amide bonds. The lowest BCUT2D eigenvalue weighted by molar-refractivity contribution is -0.126. The van der Waals surface area contributed by atoms with E-state index in [0.717, 1.165) is 4.88 Å². The number of rotatable bonds is 5. The van der Waals surface area contributed by atoms with Crippen molar-refractivity contribution in [3.05, 3.63) is 40.1 Å². The third kappa shape index (κ3) is 4.46. The molecule has 1 atom stereocenters. The molecule has 2 aromatic rings. The number of ether oxygens (including phenoxy) is 1. The summed E-state index contributed by atoms with van der Waals surface area (Å²) in [6.07, 6.45) is 0.265. The van der Waals surface area contributed by atoms with Crippen molar-refractivity contribution < 1.29 is 22.7 Å². The van der Waals surface area contributed by atoms with Crippen molar-refractivity contribution in [1.29, 1.82) is 0 Å². The molecule has 1 unspecified atom stereocenters. The van der Waals surface area contributed by atoms with Crippen LogP contribution in [0, 0.1) is 12.8 Å². The molecule has 0 spiro atoms. The summed E-state index contributed by atoms with van der Waals surface area (Å²) in [5.74, 6) is -0.148. The minimum atomic E-state index is -3.74. The second-order valence-electron chi connectivity index (χ2n) is 7.84. The molecule has 0 saturated carbocycles. The van der Waals surface area contributed by atoms with Crippen molar-refractivity contribution >= 4 is 38.9 Å². The van der Waals surface area contributed by atoms with Crippen LogP contribution in [-0.2, 0) is 26.2 Å². The molecular formula is C21H25N3O5S2. The van der Waals surface area contributed by atoms with Gasteiger partial charge in [-0.25, -0.2) is 8.42 Å². The molecule has 10 heteroatoms. The van der Waals surface area contributed by atoms with Crippen LogP contribution in [0.2, 0.25) is 0 Å². The number of anilines is 1. The van der Waals surface area contributed by atoms with Gasteiger partial charge in [0.1, 0.15) is 5.75 Å². The van der Waals surface area contributed by atoms with Crippen LogP contribution in [0.25, 0.3) is 0 Å². The van der Waals surface area contributed by atoms with E-state index in [1.54, 1.807) is 31.3 Å². The Morgan fingerprint density at radius 2 is 2.06 bits per heavy atom. The largest absolute Gasteiger partial charge is 0.479 e. The normalized spacial score (nSPS) is 19.9. The highest BCUT2D eigenvalue weighted by Gasteiger charge is 2.34. The van der Waals surface area contributed by atoms with E-state index in [1.807, 2.05) is 17.5 Å². The van der Waals surface area contributed by atoms with E-state index in [4.69, 9.17) is 4.74 Å². The Hall–Kier alpha value is -2.43. The average Bonchev–Trinajstić information content (AvgIpc) is 3.26. The van der Waals surface area contributed by atoms with Crippen molar-refractivity contribution in [2.75, 3.05) is 18.4 Å². The smallest absolute Gasteiger partial charge is 0.265 e. The van der Waals surface area contributed by atoms with Crippen LogP contribution in [-0.4, -0.2) is 43.7 Å². The second-order valence-corrected chi connectivity index (χ2v) is 10.8. The number of carbonyl (C=O) groups is 2. The number of benzene rings is 1. The zero-order valence-electron chi connectivity index (χ0n) is 17.4. The van der Waals surface area contributed by atoms with E-state index in [2.05, 4.69) is 10.6 Å². The Balaban J connectivity index is 1.43. The lowest BCUT2D eigenvalue weighted by Gasteiger charge is -2.31. The van der Waals surface area contributed by atoms with Crippen molar-refractivity contribution in [2.45, 2.75) is 44.2 Å². The molecule has 4 rings (SSSR count). The quantitative estimate of drug-likeness (QED) is 0.709. The molecule has 1 saturated heterocycles. The number of amides is 2. The Morgan fingerprint density at radius 3 is 2.74 bits per heavy atom. The van der Waals surface area contributed by atoms with Gasteiger partial charge in [-0.05, 0) is 49.8 Å². The first-order valence-electron chi connectivity index (χ1n) is 10.2. The van der Waals surface area contributed by atoms with E-state index in [1.165, 1.54) is 10.4 Å². The number of carbonyl (C=O) groups excluding carboxylic acids is 2. The lowest BCUT2D eigenvalue weighted by Crippen LogP contribution is -2.43. The predicted octanol–water partition coefficient (Wildman–Crippen LogP) is 2.49. The number of sulfonamides is 1. The SMILES string of the molecule is Cc1cc2c(cc1S(=O)(=O)N1CCC(C(=O)NCc3cccs3)CC1)OC(C)C(=O)N2. The Morgan fingerprint density at radius 1 is 1.32 bits per heavy atom. The van der Waals surface area contributed by atoms with Crippen molar-refractivity contribution in [2.24, 2.45) is 5.92 Å². The van der Waals surface area contributed by atoms with Gasteiger partial charge in [-0.15, -0.1) is 11.3 Å². The second kappa shape index (κ2) is 8.60. The van der Waals surface area contributed by atoms with Crippen LogP contribution in [0.15, 0.2) is 34.5 Å². The number of nitrogens with zero attached hydrogens (tertiary/aromatic N) is 1. The van der Waals surface area contributed by atoms with Gasteiger partial charge >= 0.3 is 0 Å². The first-order valence-corrected chi connectivity index (χ1v) is 12.5. The van der Waals surface area contributed by atoms with Gasteiger partial charge in [0.05, 0.1) is 17.1 Å². The average molecular weight is 464 g/mol. The molecule has 2 aliphatic heterocycles. The Kier molecular flexibility index (Phi) is 6.05. The highest BCUT2D eigenvalue weighted by molar-refractivity contribution is 7.89. The third-order valence-electron chi connectivity index (χ3n) is 5.67. The molecule has 2 N–H and O–H groups in total. The van der Waals surface area contributed by atoms with Crippen LogP contribution in [0.4, 0.5) is 5.69 Å². The fourth-order valence-corrected chi connectivity index (χ4v) is 6.19. The van der Waals surface area contributed by atoms with Gasteiger partial charge in [-0.3, -0.25) is 9.59 Å². The molecule has 0 aliphatic carbocycles. The summed E-state index contributed by atoms with van der Waals surface area (Å²) >= 11 is 1.59. The fourth-order valence-electron chi connectivity index (χ4n) is 3.85. The fraction of sp³-hybridized carbons (Fsp3) is 0.429. The number of nitrogens with one attached hydrogen (secondary N) is 2. The zero-order chi connectivity index (χ0) is 22.2. The van der Waals surface area contributed by atoms with E-state index in [9.17, 15) is 18.0 Å². The van der Waals surface area contributed by atoms with Crippen LogP contribution in [0.1, 0.15) is 30.2 Å². The van der Waals surface area contributed by atoms with Crippen molar-refractivity contribution in [3.8, 4) is 5.75 Å². The summed E-state index contributed by atoms with van der Waals surface area (Å²) in [7, 11) is -3.74. The topological polar surface area (TPSA) is 105 Å². The molecule has 31 heavy (non-hydrogen) atoms. The summed E-state index contributed by atoms with van der Waals surface area (Å²) in [6.45, 7) is 4.37. The monoisotopic (exact) mass is 463 g/mol. The summed E-state index contributed by atoms with van der Waals surface area (Å²) in [5.41, 5.74) is 1.01. The highest BCUT2D eigenvalue weighted by atomic mass is 32.2. The van der Waals surface area contributed by atoms with Gasteiger partial charge in [0.15, 0.2) is 6.10 Å². The zero-order valence-corrected chi connectivity index (χ0v) is 19.0. The number of fused-ring (bicyclic) bond motifs is 1. The van der Waals surface area contributed by atoms with Gasteiger partial charge < -0.3 is 15.4 Å². The molecule has 8 nitrogen and oxygen atoms in total. The van der Waals surface area contributed by atoms with E-state index < -0.39 is 16.1 Å². The van der Waals surface area contributed by atoms with Crippen LogP contribution in [0.3, 0.4) is 0 Å². The van der Waals surface area contributed by atoms with Crippen LogP contribution >= 0.6 is 11.3 Å².